The highest BCUT2D eigenvalue weighted by Gasteiger charge is 2.35. The number of para-hydroxylation sites is 2. The van der Waals surface area contributed by atoms with Crippen molar-refractivity contribution in [1.82, 2.24) is 4.90 Å². The van der Waals surface area contributed by atoms with Crippen LogP contribution in [0.15, 0.2) is 60.7 Å². The number of benzene rings is 3. The molecule has 3 aromatic rings. The van der Waals surface area contributed by atoms with Crippen LogP contribution >= 0.6 is 0 Å². The monoisotopic (exact) mass is 616 g/mol. The Morgan fingerprint density at radius 1 is 0.841 bits per heavy atom. The van der Waals surface area contributed by atoms with Crippen LogP contribution in [0.1, 0.15) is 39.2 Å². The smallest absolute Gasteiger partial charge is 0.493 e. The van der Waals surface area contributed by atoms with Gasteiger partial charge in [0, 0.05) is 25.7 Å². The molecule has 44 heavy (non-hydrogen) atoms. The summed E-state index contributed by atoms with van der Waals surface area (Å²) in [5.41, 5.74) is 2.24. The van der Waals surface area contributed by atoms with Crippen molar-refractivity contribution in [2.75, 3.05) is 39.3 Å². The summed E-state index contributed by atoms with van der Waals surface area (Å²) in [6, 6.07) is 17.4. The normalized spacial score (nSPS) is 14.2. The molecule has 1 heterocycles. The van der Waals surface area contributed by atoms with Gasteiger partial charge in [-0.3, -0.25) is 0 Å². The molecule has 1 saturated heterocycles. The van der Waals surface area contributed by atoms with E-state index in [0.717, 1.165) is 16.7 Å². The van der Waals surface area contributed by atoms with E-state index in [4.69, 9.17) is 18.9 Å². The van der Waals surface area contributed by atoms with Crippen LogP contribution in [0.3, 0.4) is 0 Å². The first-order valence-corrected chi connectivity index (χ1v) is 14.3. The lowest BCUT2D eigenvalue weighted by Gasteiger charge is -2.40. The molecule has 0 aromatic heterocycles. The van der Waals surface area contributed by atoms with Gasteiger partial charge in [-0.1, -0.05) is 30.3 Å². The van der Waals surface area contributed by atoms with E-state index >= 15 is 0 Å². The van der Waals surface area contributed by atoms with Gasteiger partial charge in [0.05, 0.1) is 27.0 Å². The van der Waals surface area contributed by atoms with Gasteiger partial charge in [-0.25, -0.2) is 4.79 Å². The zero-order chi connectivity index (χ0) is 32.1. The van der Waals surface area contributed by atoms with E-state index in [-0.39, 0.29) is 11.8 Å². The number of hydrogen-bond donors (Lipinski definition) is 0. The minimum atomic E-state index is -4.85. The Kier molecular flexibility index (Phi) is 10.1. The van der Waals surface area contributed by atoms with Gasteiger partial charge >= 0.3 is 12.5 Å². The number of halogens is 3. The Bertz CT molecular complexity index is 1410. The summed E-state index contributed by atoms with van der Waals surface area (Å²) in [4.78, 5) is 16.3. The summed E-state index contributed by atoms with van der Waals surface area (Å²) < 4.78 is 66.7. The van der Waals surface area contributed by atoms with Gasteiger partial charge in [0.15, 0.2) is 17.2 Å². The molecule has 1 aliphatic rings. The molecule has 0 radical (unpaired) electrons. The van der Waals surface area contributed by atoms with Crippen molar-refractivity contribution >= 4 is 11.8 Å². The first-order valence-electron chi connectivity index (χ1n) is 14.3. The molecule has 0 bridgehead atoms. The lowest BCUT2D eigenvalue weighted by atomic mass is 9.99. The van der Waals surface area contributed by atoms with Gasteiger partial charge in [-0.05, 0) is 80.6 Å². The molecular weight excluding hydrogens is 577 g/mol. The Labute approximate surface area is 256 Å². The van der Waals surface area contributed by atoms with Crippen LogP contribution in [0.5, 0.6) is 23.0 Å². The number of carbonyl (C=O) groups excluding carboxylic acids is 1. The van der Waals surface area contributed by atoms with Crippen LogP contribution in [0.25, 0.3) is 11.1 Å². The summed E-state index contributed by atoms with van der Waals surface area (Å²) >= 11 is 0. The second-order valence-corrected chi connectivity index (χ2v) is 11.5. The standard InChI is InChI=1S/C33H39F3N2O6/c1-32(2,3)44-31(39)37-16-14-25(15-17-37)38(26-12-7-8-13-27(26)43-33(34,35)36)21-22-10-9-11-23(18-22)24-19-28(40-4)30(42-6)29(20-24)41-5/h7-13,18-20,25H,14-17,21H2,1-6H3. The number of piperidine rings is 1. The first kappa shape index (κ1) is 32.6. The van der Waals surface area contributed by atoms with E-state index in [2.05, 4.69) is 4.74 Å². The molecule has 0 N–H and O–H groups in total. The Balaban J connectivity index is 1.67. The van der Waals surface area contributed by atoms with Gasteiger partial charge in [0.1, 0.15) is 5.60 Å². The maximum atomic E-state index is 13.4. The number of likely N-dealkylation sites (tertiary alicyclic amines) is 1. The number of ether oxygens (including phenoxy) is 5. The quantitative estimate of drug-likeness (QED) is 0.244. The minimum Gasteiger partial charge on any atom is -0.493 e. The topological polar surface area (TPSA) is 69.7 Å². The minimum absolute atomic E-state index is 0.170. The van der Waals surface area contributed by atoms with Gasteiger partial charge in [-0.2, -0.15) is 0 Å². The van der Waals surface area contributed by atoms with E-state index in [9.17, 15) is 18.0 Å². The van der Waals surface area contributed by atoms with Crippen LogP contribution in [0.2, 0.25) is 0 Å². The fraction of sp³-hybridized carbons (Fsp3) is 0.424. The van der Waals surface area contributed by atoms with Crippen LogP contribution in [-0.2, 0) is 11.3 Å². The van der Waals surface area contributed by atoms with E-state index in [0.29, 0.717) is 55.4 Å². The molecule has 11 heteroatoms. The molecule has 1 amide bonds. The summed E-state index contributed by atoms with van der Waals surface area (Å²) in [6.45, 7) is 6.54. The van der Waals surface area contributed by atoms with Gasteiger partial charge in [0.25, 0.3) is 0 Å². The lowest BCUT2D eigenvalue weighted by Crippen LogP contribution is -2.48. The first-order chi connectivity index (χ1) is 20.8. The number of amides is 1. The third-order valence-corrected chi connectivity index (χ3v) is 7.24. The molecule has 0 spiro atoms. The maximum absolute atomic E-state index is 13.4. The highest BCUT2D eigenvalue weighted by molar-refractivity contribution is 5.72. The zero-order valence-corrected chi connectivity index (χ0v) is 25.9. The predicted molar refractivity (Wildman–Crippen MR) is 162 cm³/mol. The SMILES string of the molecule is COc1cc(-c2cccc(CN(c3ccccc3OC(F)(F)F)C3CCN(C(=O)OC(C)(C)C)CC3)c2)cc(OC)c1OC. The van der Waals surface area contributed by atoms with Crippen molar-refractivity contribution in [3.05, 3.63) is 66.2 Å². The molecule has 0 atom stereocenters. The molecule has 1 fully saturated rings. The summed E-state index contributed by atoms with van der Waals surface area (Å²) in [5, 5.41) is 0. The summed E-state index contributed by atoms with van der Waals surface area (Å²) in [5.74, 6) is 1.20. The van der Waals surface area contributed by atoms with Crippen molar-refractivity contribution in [1.29, 1.82) is 0 Å². The number of methoxy groups -OCH3 is 3. The Hall–Kier alpha value is -4.28. The number of rotatable bonds is 9. The molecule has 238 valence electrons. The number of alkyl halides is 3. The van der Waals surface area contributed by atoms with Gasteiger partial charge < -0.3 is 33.5 Å². The second-order valence-electron chi connectivity index (χ2n) is 11.5. The fourth-order valence-corrected chi connectivity index (χ4v) is 5.30. The molecule has 1 aliphatic heterocycles. The van der Waals surface area contributed by atoms with Gasteiger partial charge in [-0.15, -0.1) is 13.2 Å². The van der Waals surface area contributed by atoms with Crippen LogP contribution < -0.4 is 23.8 Å². The van der Waals surface area contributed by atoms with Crippen LogP contribution in [-0.4, -0.2) is 63.4 Å². The number of carbonyl (C=O) groups is 1. The van der Waals surface area contributed by atoms with E-state index < -0.39 is 18.1 Å². The largest absolute Gasteiger partial charge is 0.573 e. The Morgan fingerprint density at radius 3 is 2.05 bits per heavy atom. The third-order valence-electron chi connectivity index (χ3n) is 7.24. The average Bonchev–Trinajstić information content (AvgIpc) is 2.98. The highest BCUT2D eigenvalue weighted by Crippen LogP contribution is 2.42. The van der Waals surface area contributed by atoms with Crippen molar-refractivity contribution in [2.24, 2.45) is 0 Å². The average molecular weight is 617 g/mol. The van der Waals surface area contributed by atoms with Crippen molar-refractivity contribution in [2.45, 2.75) is 58.2 Å². The number of nitrogens with zero attached hydrogens (tertiary/aromatic N) is 2. The summed E-state index contributed by atoms with van der Waals surface area (Å²) in [6.07, 6.45) is -4.19. The van der Waals surface area contributed by atoms with E-state index in [1.807, 2.05) is 62.1 Å². The highest BCUT2D eigenvalue weighted by atomic mass is 19.4. The molecule has 4 rings (SSSR count). The molecule has 0 aliphatic carbocycles. The zero-order valence-electron chi connectivity index (χ0n) is 25.9. The van der Waals surface area contributed by atoms with Gasteiger partial charge in [0.2, 0.25) is 5.75 Å². The summed E-state index contributed by atoms with van der Waals surface area (Å²) in [7, 11) is 4.63. The van der Waals surface area contributed by atoms with Crippen molar-refractivity contribution in [3.63, 3.8) is 0 Å². The van der Waals surface area contributed by atoms with E-state index in [1.165, 1.54) is 19.2 Å². The van der Waals surface area contributed by atoms with E-state index in [1.54, 1.807) is 31.3 Å². The van der Waals surface area contributed by atoms with Crippen molar-refractivity contribution in [3.8, 4) is 34.1 Å². The second kappa shape index (κ2) is 13.6. The molecule has 0 saturated carbocycles. The van der Waals surface area contributed by atoms with Crippen LogP contribution in [0.4, 0.5) is 23.7 Å². The fourth-order valence-electron chi connectivity index (χ4n) is 5.30. The third kappa shape index (κ3) is 8.21. The lowest BCUT2D eigenvalue weighted by molar-refractivity contribution is -0.274. The predicted octanol–water partition coefficient (Wildman–Crippen LogP) is 7.68. The molecule has 8 nitrogen and oxygen atoms in total. The number of anilines is 1. The number of hydrogen-bond acceptors (Lipinski definition) is 7. The maximum Gasteiger partial charge on any atom is 0.573 e. The molecular formula is C33H39F3N2O6. The molecule has 3 aromatic carbocycles. The Morgan fingerprint density at radius 2 is 1.48 bits per heavy atom. The molecule has 0 unspecified atom stereocenters. The van der Waals surface area contributed by atoms with Crippen molar-refractivity contribution < 1.29 is 41.7 Å². The van der Waals surface area contributed by atoms with Crippen LogP contribution in [0, 0.1) is 0 Å².